The number of ether oxygens (including phenoxy) is 7. The topological polar surface area (TPSA) is 293 Å². The van der Waals surface area contributed by atoms with Crippen molar-refractivity contribution in [1.82, 2.24) is 5.32 Å². The molecule has 3 aliphatic heterocycles. The average Bonchev–Trinajstić information content (AvgIpc) is 3.03. The smallest absolute Gasteiger partial charge is 0.305 e. The van der Waals surface area contributed by atoms with Crippen LogP contribution in [-0.4, -0.2) is 183 Å². The maximum atomic E-state index is 12.2. The number of esters is 1. The minimum Gasteiger partial charge on any atom is -0.469 e. The monoisotopic (exact) mass is 673 g/mol. The minimum atomic E-state index is -1.93. The number of carbonyl (C=O) groups excluding carboxylic acids is 2. The fourth-order valence-electron chi connectivity index (χ4n) is 5.43. The Bertz CT molecular complexity index is 944. The van der Waals surface area contributed by atoms with Crippen LogP contribution < -0.4 is 5.32 Å². The Morgan fingerprint density at radius 3 is 1.74 bits per heavy atom. The molecule has 0 aromatic carbocycles. The summed E-state index contributed by atoms with van der Waals surface area (Å²) in [4.78, 5) is 23.5. The van der Waals surface area contributed by atoms with Gasteiger partial charge in [-0.25, -0.2) is 0 Å². The Balaban J connectivity index is 1.78. The Kier molecular flexibility index (Phi) is 15.3. The maximum absolute atomic E-state index is 12.2. The summed E-state index contributed by atoms with van der Waals surface area (Å²) in [5.74, 6) is -0.938. The van der Waals surface area contributed by atoms with Crippen LogP contribution in [0.4, 0.5) is 0 Å². The molecule has 268 valence electrons. The lowest BCUT2D eigenvalue weighted by molar-refractivity contribution is -0.374. The highest BCUT2D eigenvalue weighted by Gasteiger charge is 2.54. The number of carbonyl (C=O) groups is 2. The van der Waals surface area contributed by atoms with Gasteiger partial charge in [-0.3, -0.25) is 9.59 Å². The molecule has 0 spiro atoms. The summed E-state index contributed by atoms with van der Waals surface area (Å²) in [6, 6.07) is -1.24. The molecule has 0 unspecified atom stereocenters. The molecule has 0 aliphatic carbocycles. The lowest BCUT2D eigenvalue weighted by atomic mass is 9.95. The summed E-state index contributed by atoms with van der Waals surface area (Å²) in [6.07, 6.45) is -21.2. The van der Waals surface area contributed by atoms with E-state index in [4.69, 9.17) is 28.4 Å². The molecule has 19 heteroatoms. The second-order valence-corrected chi connectivity index (χ2v) is 11.3. The first-order valence-corrected chi connectivity index (χ1v) is 15.0. The Morgan fingerprint density at radius 1 is 0.652 bits per heavy atom. The van der Waals surface area contributed by atoms with E-state index in [-0.39, 0.29) is 19.0 Å². The van der Waals surface area contributed by atoms with E-state index >= 15 is 0 Å². The molecule has 15 atom stereocenters. The SMILES string of the molecule is COC(=O)CCCCCO[C@@H]1O[C@H](CO)[C@@H](O)[C@H](O[C@@H]2O[C@H](CO)[C@H](O)[C@H](O[C@H]3O[C@H](CO)[C@@H](O)[C@H](O)[C@H]3O)[C@H]2O)[C@H]1NC(C)=O. The number of amides is 1. The van der Waals surface area contributed by atoms with Crippen molar-refractivity contribution in [2.24, 2.45) is 0 Å². The second-order valence-electron chi connectivity index (χ2n) is 11.3. The molecule has 3 rings (SSSR count). The van der Waals surface area contributed by atoms with Gasteiger partial charge in [0.05, 0.1) is 26.9 Å². The Morgan fingerprint density at radius 2 is 1.17 bits per heavy atom. The first kappa shape index (κ1) is 38.8. The molecule has 0 radical (unpaired) electrons. The number of aliphatic hydroxyl groups is 9. The van der Waals surface area contributed by atoms with Crippen LogP contribution in [0.15, 0.2) is 0 Å². The van der Waals surface area contributed by atoms with Crippen LogP contribution in [0.1, 0.15) is 32.6 Å². The normalized spacial score (nSPS) is 41.6. The zero-order valence-corrected chi connectivity index (χ0v) is 25.5. The van der Waals surface area contributed by atoms with Gasteiger partial charge < -0.3 is 84.4 Å². The van der Waals surface area contributed by atoms with Gasteiger partial charge in [-0.2, -0.15) is 0 Å². The van der Waals surface area contributed by atoms with Crippen molar-refractivity contribution >= 4 is 11.9 Å². The van der Waals surface area contributed by atoms with Crippen molar-refractivity contribution in [3.8, 4) is 0 Å². The second kappa shape index (κ2) is 18.2. The number of methoxy groups -OCH3 is 1. The number of aliphatic hydroxyl groups excluding tert-OH is 9. The van der Waals surface area contributed by atoms with E-state index in [1.807, 2.05) is 0 Å². The van der Waals surface area contributed by atoms with Gasteiger partial charge in [0.2, 0.25) is 5.91 Å². The van der Waals surface area contributed by atoms with Gasteiger partial charge in [0.15, 0.2) is 18.9 Å². The van der Waals surface area contributed by atoms with E-state index in [0.717, 1.165) is 0 Å². The number of hydrogen-bond acceptors (Lipinski definition) is 18. The van der Waals surface area contributed by atoms with Crippen molar-refractivity contribution in [3.05, 3.63) is 0 Å². The Hall–Kier alpha value is -1.66. The molecule has 0 aromatic rings. The van der Waals surface area contributed by atoms with Gasteiger partial charge in [0.25, 0.3) is 0 Å². The largest absolute Gasteiger partial charge is 0.469 e. The molecule has 3 aliphatic rings. The van der Waals surface area contributed by atoms with Crippen molar-refractivity contribution < 1.29 is 88.7 Å². The number of rotatable bonds is 15. The maximum Gasteiger partial charge on any atom is 0.305 e. The van der Waals surface area contributed by atoms with E-state index < -0.39 is 118 Å². The first-order valence-electron chi connectivity index (χ1n) is 15.0. The summed E-state index contributed by atoms with van der Waals surface area (Å²) >= 11 is 0. The van der Waals surface area contributed by atoms with Crippen LogP contribution in [0.3, 0.4) is 0 Å². The molecular weight excluding hydrogens is 626 g/mol. The fraction of sp³-hybridized carbons (Fsp3) is 0.926. The van der Waals surface area contributed by atoms with E-state index in [1.54, 1.807) is 0 Å². The fourth-order valence-corrected chi connectivity index (χ4v) is 5.43. The van der Waals surface area contributed by atoms with Crippen LogP contribution in [0, 0.1) is 0 Å². The summed E-state index contributed by atoms with van der Waals surface area (Å²) in [6.45, 7) is -1.04. The molecule has 46 heavy (non-hydrogen) atoms. The van der Waals surface area contributed by atoms with E-state index in [9.17, 15) is 55.5 Å². The van der Waals surface area contributed by atoms with Crippen LogP contribution in [-0.2, 0) is 42.7 Å². The van der Waals surface area contributed by atoms with Crippen LogP contribution >= 0.6 is 0 Å². The lowest BCUT2D eigenvalue weighted by Gasteiger charge is -2.49. The first-order chi connectivity index (χ1) is 21.9. The van der Waals surface area contributed by atoms with E-state index in [1.165, 1.54) is 14.0 Å². The minimum absolute atomic E-state index is 0.0826. The molecule has 3 fully saturated rings. The molecule has 0 bridgehead atoms. The van der Waals surface area contributed by atoms with Crippen molar-refractivity contribution in [1.29, 1.82) is 0 Å². The molecule has 0 saturated carbocycles. The zero-order valence-electron chi connectivity index (χ0n) is 25.5. The summed E-state index contributed by atoms with van der Waals surface area (Å²) < 4.78 is 38.5. The van der Waals surface area contributed by atoms with E-state index in [0.29, 0.717) is 19.3 Å². The highest BCUT2D eigenvalue weighted by atomic mass is 16.7. The van der Waals surface area contributed by atoms with Gasteiger partial charge in [-0.05, 0) is 12.8 Å². The van der Waals surface area contributed by atoms with E-state index in [2.05, 4.69) is 10.1 Å². The standard InChI is InChI=1S/C27H47NO18/c1-11(32)28-16-23(18(35)13(9-30)42-25(16)41-7-5-3-4-6-15(33)40-2)45-27-22(39)24(19(36)14(10-31)44-27)46-26-21(38)20(37)17(34)12(8-29)43-26/h12-14,16-27,29-31,34-39H,3-10H2,1-2H3,(H,28,32)/t12-,13-,14-,16-,17-,18-,19+,20+,21-,22-,23-,24+,25-,26-,27+/m1/s1. The van der Waals surface area contributed by atoms with Crippen molar-refractivity contribution in [2.75, 3.05) is 33.5 Å². The van der Waals surface area contributed by atoms with Gasteiger partial charge in [-0.1, -0.05) is 6.42 Å². The molecule has 0 aromatic heterocycles. The highest BCUT2D eigenvalue weighted by Crippen LogP contribution is 2.33. The van der Waals surface area contributed by atoms with Gasteiger partial charge in [0, 0.05) is 20.0 Å². The number of hydrogen-bond donors (Lipinski definition) is 10. The lowest BCUT2D eigenvalue weighted by Crippen LogP contribution is -2.69. The quantitative estimate of drug-likeness (QED) is 0.0572. The van der Waals surface area contributed by atoms with Gasteiger partial charge >= 0.3 is 5.97 Å². The third-order valence-electron chi connectivity index (χ3n) is 8.01. The Labute approximate surface area is 264 Å². The highest BCUT2D eigenvalue weighted by molar-refractivity contribution is 5.73. The third kappa shape index (κ3) is 9.49. The summed E-state index contributed by atoms with van der Waals surface area (Å²) in [7, 11) is 1.29. The predicted molar refractivity (Wildman–Crippen MR) is 147 cm³/mol. The summed E-state index contributed by atoms with van der Waals surface area (Å²) in [5, 5.41) is 95.5. The van der Waals surface area contributed by atoms with Crippen molar-refractivity contribution in [2.45, 2.75) is 125 Å². The summed E-state index contributed by atoms with van der Waals surface area (Å²) in [5.41, 5.74) is 0. The number of unbranched alkanes of at least 4 members (excludes halogenated alkanes) is 2. The zero-order chi connectivity index (χ0) is 34.1. The molecule has 19 nitrogen and oxygen atoms in total. The average molecular weight is 674 g/mol. The van der Waals surface area contributed by atoms with Crippen LogP contribution in [0.2, 0.25) is 0 Å². The predicted octanol–water partition coefficient (Wildman–Crippen LogP) is -5.67. The molecular formula is C27H47NO18. The van der Waals surface area contributed by atoms with Crippen LogP contribution in [0.25, 0.3) is 0 Å². The van der Waals surface area contributed by atoms with Crippen LogP contribution in [0.5, 0.6) is 0 Å². The molecule has 3 heterocycles. The van der Waals surface area contributed by atoms with Crippen molar-refractivity contribution in [3.63, 3.8) is 0 Å². The van der Waals surface area contributed by atoms with Gasteiger partial charge in [0.1, 0.15) is 73.2 Å². The third-order valence-corrected chi connectivity index (χ3v) is 8.01. The molecule has 10 N–H and O–H groups in total. The van der Waals surface area contributed by atoms with Gasteiger partial charge in [-0.15, -0.1) is 0 Å². The number of nitrogens with one attached hydrogen (secondary N) is 1. The molecule has 1 amide bonds. The molecule has 3 saturated heterocycles.